The van der Waals surface area contributed by atoms with Gasteiger partial charge in [0.15, 0.2) is 0 Å². The van der Waals surface area contributed by atoms with Crippen molar-refractivity contribution in [3.8, 4) is 22.5 Å². The lowest BCUT2D eigenvalue weighted by Gasteiger charge is -2.13. The molecule has 0 aliphatic rings. The number of halogens is 7. The lowest BCUT2D eigenvalue weighted by molar-refractivity contribution is -0.138. The SMILES string of the molecule is FC(F)(F)c1cc(-c2cccnc2)c2c(c1)ncn2-c1ccccc1.FC(F)(F)c1cc(I)c2c(c1)ncn2-c1ccccc1. The number of fused-ring (bicyclic) bond motifs is 2. The Morgan fingerprint density at radius 3 is 1.60 bits per heavy atom. The molecule has 0 aliphatic carbocycles. The zero-order valence-electron chi connectivity index (χ0n) is 22.9. The van der Waals surface area contributed by atoms with Crippen LogP contribution in [0.15, 0.2) is 122 Å². The Bertz CT molecular complexity index is 2090. The van der Waals surface area contributed by atoms with Crippen molar-refractivity contribution in [3.05, 3.63) is 137 Å². The lowest BCUT2D eigenvalue weighted by Crippen LogP contribution is -2.05. The Morgan fingerprint density at radius 1 is 0.578 bits per heavy atom. The normalized spacial score (nSPS) is 11.9. The molecule has 0 amide bonds. The molecule has 0 bridgehead atoms. The number of rotatable bonds is 3. The molecular formula is C33H20F6IN5. The highest BCUT2D eigenvalue weighted by atomic mass is 127. The molecule has 0 spiro atoms. The van der Waals surface area contributed by atoms with Gasteiger partial charge in [0, 0.05) is 38.5 Å². The van der Waals surface area contributed by atoms with Gasteiger partial charge in [0.2, 0.25) is 0 Å². The number of pyridine rings is 1. The summed E-state index contributed by atoms with van der Waals surface area (Å²) < 4.78 is 82.3. The molecular weight excluding hydrogens is 707 g/mol. The van der Waals surface area contributed by atoms with Crippen LogP contribution >= 0.6 is 22.6 Å². The topological polar surface area (TPSA) is 48.5 Å². The van der Waals surface area contributed by atoms with Crippen molar-refractivity contribution in [2.75, 3.05) is 0 Å². The Kier molecular flexibility index (Phi) is 8.08. The Morgan fingerprint density at radius 2 is 1.09 bits per heavy atom. The molecule has 0 atom stereocenters. The maximum absolute atomic E-state index is 13.3. The summed E-state index contributed by atoms with van der Waals surface area (Å²) in [6.07, 6.45) is -2.57. The van der Waals surface area contributed by atoms with Gasteiger partial charge in [-0.25, -0.2) is 9.97 Å². The van der Waals surface area contributed by atoms with Crippen molar-refractivity contribution in [1.82, 2.24) is 24.1 Å². The molecule has 5 nitrogen and oxygen atoms in total. The van der Waals surface area contributed by atoms with Crippen LogP contribution in [0, 0.1) is 3.57 Å². The highest BCUT2D eigenvalue weighted by molar-refractivity contribution is 14.1. The lowest BCUT2D eigenvalue weighted by atomic mass is 10.0. The molecule has 3 heterocycles. The molecule has 7 aromatic rings. The third-order valence-corrected chi connectivity index (χ3v) is 7.76. The molecule has 0 radical (unpaired) electrons. The molecule has 0 fully saturated rings. The highest BCUT2D eigenvalue weighted by Crippen LogP contribution is 2.38. The van der Waals surface area contributed by atoms with Gasteiger partial charge in [-0.05, 0) is 77.2 Å². The van der Waals surface area contributed by atoms with Gasteiger partial charge < -0.3 is 0 Å². The van der Waals surface area contributed by atoms with Crippen LogP contribution in [0.3, 0.4) is 0 Å². The summed E-state index contributed by atoms with van der Waals surface area (Å²) in [6, 6.07) is 26.7. The Balaban J connectivity index is 0.000000163. The van der Waals surface area contributed by atoms with E-state index in [1.807, 2.05) is 83.3 Å². The number of para-hydroxylation sites is 2. The number of alkyl halides is 6. The average Bonchev–Trinajstić information content (AvgIpc) is 3.67. The fourth-order valence-corrected chi connectivity index (χ4v) is 5.76. The second-order valence-corrected chi connectivity index (χ2v) is 11.0. The van der Waals surface area contributed by atoms with E-state index in [2.05, 4.69) is 15.0 Å². The summed E-state index contributed by atoms with van der Waals surface area (Å²) in [5.74, 6) is 0. The maximum Gasteiger partial charge on any atom is 0.416 e. The van der Waals surface area contributed by atoms with Gasteiger partial charge in [-0.2, -0.15) is 26.3 Å². The van der Waals surface area contributed by atoms with Gasteiger partial charge in [0.05, 0.1) is 33.2 Å². The van der Waals surface area contributed by atoms with Gasteiger partial charge in [0.1, 0.15) is 12.7 Å². The van der Waals surface area contributed by atoms with Crippen LogP contribution in [0.1, 0.15) is 11.1 Å². The Labute approximate surface area is 266 Å². The fraction of sp³-hybridized carbons (Fsp3) is 0.0606. The number of hydrogen-bond acceptors (Lipinski definition) is 3. The predicted octanol–water partition coefficient (Wildman–Crippen LogP) is 9.76. The van der Waals surface area contributed by atoms with E-state index in [9.17, 15) is 26.3 Å². The van der Waals surface area contributed by atoms with Crippen LogP contribution < -0.4 is 0 Å². The largest absolute Gasteiger partial charge is 0.416 e. The summed E-state index contributed by atoms with van der Waals surface area (Å²) in [5, 5.41) is 0. The van der Waals surface area contributed by atoms with E-state index in [4.69, 9.17) is 0 Å². The maximum atomic E-state index is 13.3. The molecule has 7 rings (SSSR count). The van der Waals surface area contributed by atoms with Crippen molar-refractivity contribution >= 4 is 44.7 Å². The van der Waals surface area contributed by atoms with Gasteiger partial charge in [-0.3, -0.25) is 14.1 Å². The molecule has 0 unspecified atom stereocenters. The molecule has 0 aliphatic heterocycles. The highest BCUT2D eigenvalue weighted by Gasteiger charge is 2.33. The van der Waals surface area contributed by atoms with Crippen molar-refractivity contribution < 1.29 is 26.3 Å². The molecule has 0 saturated heterocycles. The number of imidazole rings is 2. The first-order valence-corrected chi connectivity index (χ1v) is 14.4. The zero-order chi connectivity index (χ0) is 31.8. The van der Waals surface area contributed by atoms with E-state index in [1.165, 1.54) is 0 Å². The molecule has 3 aromatic heterocycles. The molecule has 226 valence electrons. The minimum atomic E-state index is -4.44. The number of nitrogens with zero attached hydrogens (tertiary/aromatic N) is 5. The number of hydrogen-bond donors (Lipinski definition) is 0. The third-order valence-electron chi connectivity index (χ3n) is 6.94. The van der Waals surface area contributed by atoms with E-state index in [-0.39, 0.29) is 5.52 Å². The summed E-state index contributed by atoms with van der Waals surface area (Å²) in [6.45, 7) is 0. The first kappa shape index (κ1) is 30.3. The summed E-state index contributed by atoms with van der Waals surface area (Å²) in [5.41, 5.74) is 3.28. The molecule has 45 heavy (non-hydrogen) atoms. The van der Waals surface area contributed by atoms with Crippen LogP contribution in [0.5, 0.6) is 0 Å². The minimum Gasteiger partial charge on any atom is -0.298 e. The van der Waals surface area contributed by atoms with E-state index < -0.39 is 23.5 Å². The van der Waals surface area contributed by atoms with Gasteiger partial charge in [-0.15, -0.1) is 0 Å². The minimum absolute atomic E-state index is 0.289. The van der Waals surface area contributed by atoms with Crippen LogP contribution in [-0.2, 0) is 12.4 Å². The van der Waals surface area contributed by atoms with Gasteiger partial charge in [-0.1, -0.05) is 42.5 Å². The summed E-state index contributed by atoms with van der Waals surface area (Å²) >= 11 is 1.91. The van der Waals surface area contributed by atoms with E-state index in [0.717, 1.165) is 35.6 Å². The first-order valence-electron chi connectivity index (χ1n) is 13.3. The second kappa shape index (κ2) is 12.0. The fourth-order valence-electron chi connectivity index (χ4n) is 4.89. The van der Waals surface area contributed by atoms with E-state index in [0.29, 0.717) is 31.2 Å². The molecule has 12 heteroatoms. The molecule has 0 N–H and O–H groups in total. The summed E-state index contributed by atoms with van der Waals surface area (Å²) in [7, 11) is 0. The van der Waals surface area contributed by atoms with Crippen molar-refractivity contribution in [1.29, 1.82) is 0 Å². The quantitative estimate of drug-likeness (QED) is 0.135. The zero-order valence-corrected chi connectivity index (χ0v) is 25.1. The second-order valence-electron chi connectivity index (χ2n) is 9.85. The smallest absolute Gasteiger partial charge is 0.298 e. The van der Waals surface area contributed by atoms with Crippen molar-refractivity contribution in [2.45, 2.75) is 12.4 Å². The van der Waals surface area contributed by atoms with Crippen LogP contribution in [0.25, 0.3) is 44.6 Å². The number of benzene rings is 4. The van der Waals surface area contributed by atoms with E-state index in [1.54, 1.807) is 46.3 Å². The third kappa shape index (κ3) is 6.27. The monoisotopic (exact) mass is 727 g/mol. The van der Waals surface area contributed by atoms with E-state index >= 15 is 0 Å². The average molecular weight is 727 g/mol. The van der Waals surface area contributed by atoms with Crippen LogP contribution in [0.4, 0.5) is 26.3 Å². The van der Waals surface area contributed by atoms with Gasteiger partial charge >= 0.3 is 12.4 Å². The summed E-state index contributed by atoms with van der Waals surface area (Å²) in [4.78, 5) is 12.3. The number of aromatic nitrogens is 5. The van der Waals surface area contributed by atoms with Crippen molar-refractivity contribution in [3.63, 3.8) is 0 Å². The molecule has 0 saturated carbocycles. The standard InChI is InChI=1S/C19H12F3N3.C14H8F3IN2/c20-19(21,22)14-9-16(13-5-4-8-23-11-13)18-17(10-14)24-12-25(18)15-6-2-1-3-7-15;15-14(16,17)9-6-11(18)13-12(7-9)19-8-20(13)10-4-2-1-3-5-10/h1-12H;1-8H. The Hall–Kier alpha value is -4.72. The predicted molar refractivity (Wildman–Crippen MR) is 168 cm³/mol. The molecule has 4 aromatic carbocycles. The van der Waals surface area contributed by atoms with Crippen LogP contribution in [-0.4, -0.2) is 24.1 Å². The van der Waals surface area contributed by atoms with Crippen molar-refractivity contribution in [2.24, 2.45) is 0 Å². The van der Waals surface area contributed by atoms with Gasteiger partial charge in [0.25, 0.3) is 0 Å². The first-order chi connectivity index (χ1) is 21.5. The van der Waals surface area contributed by atoms with Crippen LogP contribution in [0.2, 0.25) is 0 Å².